The molecule has 7 heteroatoms. The maximum Gasteiger partial charge on any atom is 0.251 e. The second-order valence-electron chi connectivity index (χ2n) is 7.01. The Hall–Kier alpha value is -2.02. The topological polar surface area (TPSA) is 86.6 Å². The summed E-state index contributed by atoms with van der Waals surface area (Å²) in [4.78, 5) is 37.2. The number of hydrogen-bond acceptors (Lipinski definition) is 5. The Balaban J connectivity index is 1.84. The average molecular weight is 332 g/mol. The molecule has 2 aliphatic heterocycles. The summed E-state index contributed by atoms with van der Waals surface area (Å²) in [5.41, 5.74) is -0.733. The van der Waals surface area contributed by atoms with Crippen LogP contribution in [0, 0.1) is 5.92 Å². The highest BCUT2D eigenvalue weighted by molar-refractivity contribution is 5.97. The number of aliphatic hydroxyl groups excluding tert-OH is 1. The van der Waals surface area contributed by atoms with Gasteiger partial charge < -0.3 is 14.9 Å². The molecule has 7 nitrogen and oxygen atoms in total. The molecule has 1 spiro atoms. The lowest BCUT2D eigenvalue weighted by atomic mass is 9.83. The number of carbonyl (C=O) groups excluding carboxylic acids is 2. The van der Waals surface area contributed by atoms with Gasteiger partial charge in [-0.2, -0.15) is 0 Å². The van der Waals surface area contributed by atoms with Gasteiger partial charge in [0.15, 0.2) is 5.82 Å². The minimum Gasteiger partial charge on any atom is -0.391 e. The molecule has 0 bridgehead atoms. The van der Waals surface area contributed by atoms with Crippen molar-refractivity contribution in [3.8, 4) is 0 Å². The van der Waals surface area contributed by atoms with Crippen LogP contribution in [0.4, 0.5) is 0 Å². The fourth-order valence-electron chi connectivity index (χ4n) is 3.80. The van der Waals surface area contributed by atoms with E-state index >= 15 is 0 Å². The lowest BCUT2D eigenvalue weighted by Crippen LogP contribution is -2.74. The van der Waals surface area contributed by atoms with Crippen molar-refractivity contribution in [3.05, 3.63) is 24.3 Å². The molecule has 2 amide bonds. The van der Waals surface area contributed by atoms with Crippen LogP contribution in [0.25, 0.3) is 0 Å². The predicted molar refractivity (Wildman–Crippen MR) is 86.7 cm³/mol. The summed E-state index contributed by atoms with van der Waals surface area (Å²) < 4.78 is 0. The van der Waals surface area contributed by atoms with E-state index in [0.29, 0.717) is 25.3 Å². The van der Waals surface area contributed by atoms with Gasteiger partial charge in [0, 0.05) is 24.9 Å². The Morgan fingerprint density at radius 2 is 1.96 bits per heavy atom. The van der Waals surface area contributed by atoms with Gasteiger partial charge in [-0.3, -0.25) is 9.59 Å². The molecule has 0 aliphatic carbocycles. The van der Waals surface area contributed by atoms with E-state index in [2.05, 4.69) is 9.97 Å². The van der Waals surface area contributed by atoms with Crippen LogP contribution in [-0.4, -0.2) is 61.4 Å². The predicted octanol–water partition coefficient (Wildman–Crippen LogP) is 0.758. The Labute approximate surface area is 141 Å². The zero-order chi connectivity index (χ0) is 17.5. The Bertz CT molecular complexity index is 634. The first-order chi connectivity index (χ1) is 11.4. The number of aliphatic hydroxyl groups is 1. The van der Waals surface area contributed by atoms with Crippen LogP contribution in [0.2, 0.25) is 0 Å². The summed E-state index contributed by atoms with van der Waals surface area (Å²) >= 11 is 0. The van der Waals surface area contributed by atoms with E-state index in [0.717, 1.165) is 6.42 Å². The van der Waals surface area contributed by atoms with Crippen LogP contribution in [0.1, 0.15) is 45.5 Å². The van der Waals surface area contributed by atoms with Crippen molar-refractivity contribution < 1.29 is 14.7 Å². The van der Waals surface area contributed by atoms with E-state index < -0.39 is 17.7 Å². The molecule has 2 aliphatic rings. The average Bonchev–Trinajstić information content (AvgIpc) is 3.00. The molecule has 1 aromatic heterocycles. The molecule has 0 aromatic carbocycles. The third-order valence-electron chi connectivity index (χ3n) is 4.98. The molecule has 3 atom stereocenters. The Morgan fingerprint density at radius 3 is 2.50 bits per heavy atom. The van der Waals surface area contributed by atoms with Gasteiger partial charge >= 0.3 is 0 Å². The molecule has 3 heterocycles. The van der Waals surface area contributed by atoms with Gasteiger partial charge in [-0.25, -0.2) is 9.97 Å². The van der Waals surface area contributed by atoms with Gasteiger partial charge in [0.2, 0.25) is 5.91 Å². The molecule has 1 aromatic rings. The van der Waals surface area contributed by atoms with Gasteiger partial charge in [0.05, 0.1) is 12.6 Å². The fraction of sp³-hybridized carbons (Fsp3) is 0.647. The van der Waals surface area contributed by atoms with E-state index in [1.54, 1.807) is 35.2 Å². The molecule has 0 saturated carbocycles. The smallest absolute Gasteiger partial charge is 0.251 e. The maximum atomic E-state index is 13.0. The summed E-state index contributed by atoms with van der Waals surface area (Å²) in [5, 5.41) is 10.2. The molecular formula is C17H24N4O3. The number of rotatable bonds is 4. The fourth-order valence-corrected chi connectivity index (χ4v) is 3.80. The SMILES string of the molecule is CC(C)C(=O)N1CCCC12CN([C@H](c1ncccn1)[C@@H](C)O)C2=O. The molecule has 130 valence electrons. The minimum atomic E-state index is -0.788. The summed E-state index contributed by atoms with van der Waals surface area (Å²) in [6.07, 6.45) is 3.93. The molecule has 24 heavy (non-hydrogen) atoms. The first-order valence-corrected chi connectivity index (χ1v) is 8.46. The Kier molecular flexibility index (Phi) is 4.29. The van der Waals surface area contributed by atoms with Crippen LogP contribution in [-0.2, 0) is 9.59 Å². The number of β-lactam (4-membered cyclic amide) rings is 1. The van der Waals surface area contributed by atoms with E-state index in [9.17, 15) is 14.7 Å². The molecular weight excluding hydrogens is 308 g/mol. The molecule has 3 rings (SSSR count). The van der Waals surface area contributed by atoms with Crippen LogP contribution in [0.15, 0.2) is 18.5 Å². The highest BCUT2D eigenvalue weighted by atomic mass is 16.3. The third-order valence-corrected chi connectivity index (χ3v) is 4.98. The van der Waals surface area contributed by atoms with Gasteiger partial charge in [0.25, 0.3) is 5.91 Å². The number of likely N-dealkylation sites (tertiary alicyclic amines) is 2. The van der Waals surface area contributed by atoms with E-state index in [1.807, 2.05) is 13.8 Å². The summed E-state index contributed by atoms with van der Waals surface area (Å²) in [6.45, 7) is 6.39. The second-order valence-corrected chi connectivity index (χ2v) is 7.01. The second kappa shape index (κ2) is 6.12. The van der Waals surface area contributed by atoms with E-state index in [-0.39, 0.29) is 17.7 Å². The number of aromatic nitrogens is 2. The normalized spacial score (nSPS) is 26.0. The van der Waals surface area contributed by atoms with Gasteiger partial charge in [0.1, 0.15) is 11.6 Å². The lowest BCUT2D eigenvalue weighted by Gasteiger charge is -2.54. The van der Waals surface area contributed by atoms with Crippen molar-refractivity contribution in [2.45, 2.75) is 51.3 Å². The third kappa shape index (κ3) is 2.47. The largest absolute Gasteiger partial charge is 0.391 e. The number of hydrogen-bond donors (Lipinski definition) is 1. The molecule has 1 unspecified atom stereocenters. The standard InChI is InChI=1S/C17H24N4O3/c1-11(2)15(23)21-9-4-6-17(21)10-20(16(17)24)13(12(3)22)14-18-7-5-8-19-14/h5,7-8,11-13,22H,4,6,9-10H2,1-3H3/t12-,13+,17?/m1/s1. The highest BCUT2D eigenvalue weighted by Crippen LogP contribution is 2.43. The molecule has 0 radical (unpaired) electrons. The first-order valence-electron chi connectivity index (χ1n) is 8.46. The summed E-state index contributed by atoms with van der Waals surface area (Å²) in [7, 11) is 0. The van der Waals surface area contributed by atoms with Crippen molar-refractivity contribution in [1.82, 2.24) is 19.8 Å². The van der Waals surface area contributed by atoms with Crippen molar-refractivity contribution in [2.75, 3.05) is 13.1 Å². The van der Waals surface area contributed by atoms with Gasteiger partial charge in [-0.1, -0.05) is 13.8 Å². The zero-order valence-electron chi connectivity index (χ0n) is 14.3. The van der Waals surface area contributed by atoms with Crippen molar-refractivity contribution in [3.63, 3.8) is 0 Å². The van der Waals surface area contributed by atoms with Gasteiger partial charge in [-0.05, 0) is 25.8 Å². The van der Waals surface area contributed by atoms with Crippen molar-refractivity contribution in [2.24, 2.45) is 5.92 Å². The van der Waals surface area contributed by atoms with Crippen LogP contribution >= 0.6 is 0 Å². The van der Waals surface area contributed by atoms with Gasteiger partial charge in [-0.15, -0.1) is 0 Å². The number of carbonyl (C=O) groups is 2. The minimum absolute atomic E-state index is 0.0186. The maximum absolute atomic E-state index is 13.0. The van der Waals surface area contributed by atoms with Crippen molar-refractivity contribution in [1.29, 1.82) is 0 Å². The van der Waals surface area contributed by atoms with E-state index in [1.165, 1.54) is 0 Å². The summed E-state index contributed by atoms with van der Waals surface area (Å²) in [5.74, 6) is 0.208. The van der Waals surface area contributed by atoms with Crippen LogP contribution in [0.5, 0.6) is 0 Å². The molecule has 2 fully saturated rings. The lowest BCUT2D eigenvalue weighted by molar-refractivity contribution is -0.176. The quantitative estimate of drug-likeness (QED) is 0.823. The highest BCUT2D eigenvalue weighted by Gasteiger charge is 2.61. The monoisotopic (exact) mass is 332 g/mol. The van der Waals surface area contributed by atoms with Crippen molar-refractivity contribution >= 4 is 11.8 Å². The molecule has 1 N–H and O–H groups in total. The zero-order valence-corrected chi connectivity index (χ0v) is 14.3. The van der Waals surface area contributed by atoms with E-state index in [4.69, 9.17) is 0 Å². The van der Waals surface area contributed by atoms with Crippen LogP contribution in [0.3, 0.4) is 0 Å². The Morgan fingerprint density at radius 1 is 1.29 bits per heavy atom. The van der Waals surface area contributed by atoms with Crippen LogP contribution < -0.4 is 0 Å². The molecule has 2 saturated heterocycles. The first kappa shape index (κ1) is 16.8. The number of amides is 2. The number of nitrogens with zero attached hydrogens (tertiary/aromatic N) is 4. The summed E-state index contributed by atoms with van der Waals surface area (Å²) in [6, 6.07) is 1.11.